The lowest BCUT2D eigenvalue weighted by atomic mass is 9.76. The van der Waals surface area contributed by atoms with Gasteiger partial charge < -0.3 is 38.8 Å². The molecule has 0 radical (unpaired) electrons. The molecule has 2 aromatic heterocycles. The van der Waals surface area contributed by atoms with Crippen LogP contribution in [-0.2, 0) is 46.0 Å². The van der Waals surface area contributed by atoms with Crippen LogP contribution in [0.4, 0.5) is 0 Å². The monoisotopic (exact) mass is 1170 g/mol. The number of carbonyl (C=O) groups excluding carboxylic acids is 5. The van der Waals surface area contributed by atoms with Crippen LogP contribution in [0, 0.1) is 11.8 Å². The van der Waals surface area contributed by atoms with E-state index in [4.69, 9.17) is 35.1 Å². The second kappa shape index (κ2) is 31.9. The topological polar surface area (TPSA) is 261 Å². The zero-order valence-electron chi connectivity index (χ0n) is 49.2. The highest BCUT2D eigenvalue weighted by Gasteiger charge is 2.52. The molecule has 3 heterocycles. The van der Waals surface area contributed by atoms with Crippen molar-refractivity contribution >= 4 is 59.6 Å². The minimum atomic E-state index is -1.47. The van der Waals surface area contributed by atoms with Crippen LogP contribution in [0.15, 0.2) is 133 Å². The Morgan fingerprint density at radius 2 is 1.02 bits per heavy atom. The molecule has 20 heteroatoms. The van der Waals surface area contributed by atoms with Gasteiger partial charge in [-0.05, 0) is 127 Å². The molecule has 6 aromatic rings. The van der Waals surface area contributed by atoms with Gasteiger partial charge in [0.15, 0.2) is 28.9 Å². The molecular weight excluding hydrogens is 1090 g/mol. The molecule has 0 bridgehead atoms. The largest absolute Gasteiger partial charge is 0.495 e. The molecule has 0 spiro atoms. The predicted octanol–water partition coefficient (Wildman–Crippen LogP) is 10.2. The van der Waals surface area contributed by atoms with Crippen molar-refractivity contribution in [3.8, 4) is 11.3 Å². The van der Waals surface area contributed by atoms with Gasteiger partial charge in [0.05, 0.1) is 41.2 Å². The Morgan fingerprint density at radius 1 is 0.583 bits per heavy atom. The molecule has 1 aliphatic rings. The normalized spacial score (nSPS) is 14.6. The number of aliphatic hydroxyl groups excluding tert-OH is 2. The average molecular weight is 1170 g/mol. The summed E-state index contributed by atoms with van der Waals surface area (Å²) in [5, 5.41) is 46.2. The lowest BCUT2D eigenvalue weighted by molar-refractivity contribution is -0.157. The molecule has 18 nitrogen and oxygen atoms in total. The minimum absolute atomic E-state index is 0.0603. The van der Waals surface area contributed by atoms with E-state index in [1.807, 2.05) is 141 Å². The summed E-state index contributed by atoms with van der Waals surface area (Å²) in [6, 6.07) is 38.3. The maximum atomic E-state index is 13.0. The predicted molar refractivity (Wildman–Crippen MR) is 318 cm³/mol. The second-order valence-electron chi connectivity index (χ2n) is 22.2. The van der Waals surface area contributed by atoms with Crippen molar-refractivity contribution in [2.75, 3.05) is 13.2 Å². The van der Waals surface area contributed by atoms with Crippen molar-refractivity contribution in [1.29, 1.82) is 0 Å². The van der Waals surface area contributed by atoms with Gasteiger partial charge in [0.1, 0.15) is 17.0 Å². The smallest absolute Gasteiger partial charge is 0.478 e. The molecule has 4 aromatic carbocycles. The van der Waals surface area contributed by atoms with E-state index >= 15 is 0 Å². The molecule has 3 N–H and O–H groups in total. The molecule has 7 rings (SSSR count). The lowest BCUT2D eigenvalue weighted by Gasteiger charge is -2.32. The molecular formula is C64H76BClN4O14. The summed E-state index contributed by atoms with van der Waals surface area (Å²) in [6.45, 7) is 17.9. The van der Waals surface area contributed by atoms with Crippen LogP contribution >= 0.6 is 11.6 Å². The number of benzene rings is 4. The highest BCUT2D eigenvalue weighted by Crippen LogP contribution is 2.37. The first-order chi connectivity index (χ1) is 39.8. The van der Waals surface area contributed by atoms with E-state index in [9.17, 15) is 44.1 Å². The van der Waals surface area contributed by atoms with Crippen molar-refractivity contribution in [3.05, 3.63) is 172 Å². The van der Waals surface area contributed by atoms with E-state index in [1.165, 1.54) is 30.3 Å². The summed E-state index contributed by atoms with van der Waals surface area (Å²) in [7, 11) is -0.575. The average Bonchev–Trinajstić information content (AvgIpc) is 2.33. The molecule has 1 saturated heterocycles. The first-order valence-corrected chi connectivity index (χ1v) is 28.4. The number of aromatic carboxylic acids is 1. The van der Waals surface area contributed by atoms with E-state index in [-0.39, 0.29) is 59.9 Å². The fourth-order valence-electron chi connectivity index (χ4n) is 8.47. The molecule has 0 amide bonds. The molecule has 84 heavy (non-hydrogen) atoms. The Balaban J connectivity index is 0.000000237. The molecule has 0 aliphatic carbocycles. The number of Topliss-reactive ketones (excluding diaryl/α,β-unsaturated/α-hetero) is 2. The standard InChI is InChI=1S/C27H28N2O6.C20H23ClN2O4.C17H25BO4/c1-2-3-15-35-27(34)25(31)19(16-18-9-5-4-6-10-18)17-24(30)23-14-13-22(28-29-23)20-11-7-8-12-21(20)26(32)33;1-2-3-11-27-20(26)19(25)15(12-14-7-5-4-6-8-14)13-17(24)16-9-10-18(21)23-22-16;1-15(2,3)20-14(19)12-10-8-9-11-13(12)18-21-16(4,5)17(6,7)22-18/h4-14,19,25,31H,2-3,15-17H2,1H3,(H,32,33);4-10,15,19,25H,2-3,11-13H2,1H3;8-11H,1-7H3/t19-,25+;15-,19+;/m00./s1. The van der Waals surface area contributed by atoms with E-state index in [2.05, 4.69) is 20.4 Å². The third-order valence-corrected chi connectivity index (χ3v) is 14.0. The van der Waals surface area contributed by atoms with Gasteiger partial charge in [0.25, 0.3) is 0 Å². The van der Waals surface area contributed by atoms with E-state index < -0.39 is 71.7 Å². The van der Waals surface area contributed by atoms with Crippen molar-refractivity contribution in [2.24, 2.45) is 11.8 Å². The highest BCUT2D eigenvalue weighted by molar-refractivity contribution is 6.63. The van der Waals surface area contributed by atoms with Crippen LogP contribution in [0.25, 0.3) is 11.3 Å². The number of hydrogen-bond acceptors (Lipinski definition) is 17. The minimum Gasteiger partial charge on any atom is -0.478 e. The lowest BCUT2D eigenvalue weighted by Crippen LogP contribution is -2.41. The number of aliphatic hydroxyl groups is 2. The van der Waals surface area contributed by atoms with Gasteiger partial charge in [0.2, 0.25) is 0 Å². The Hall–Kier alpha value is -7.55. The number of esters is 3. The number of halogens is 1. The number of carboxylic acid groups (broad SMARTS) is 1. The maximum absolute atomic E-state index is 13.0. The van der Waals surface area contributed by atoms with Gasteiger partial charge in [-0.3, -0.25) is 9.59 Å². The van der Waals surface area contributed by atoms with Gasteiger partial charge in [-0.1, -0.05) is 135 Å². The Kier molecular flexibility index (Phi) is 25.6. The number of nitrogens with zero attached hydrogens (tertiary/aromatic N) is 4. The Morgan fingerprint density at radius 3 is 1.45 bits per heavy atom. The molecule has 4 atom stereocenters. The van der Waals surface area contributed by atoms with Crippen LogP contribution in [0.2, 0.25) is 5.15 Å². The summed E-state index contributed by atoms with van der Waals surface area (Å²) in [4.78, 5) is 74.0. The third kappa shape index (κ3) is 20.4. The molecule has 0 saturated carbocycles. The number of carboxylic acids is 1. The number of rotatable bonds is 24. The van der Waals surface area contributed by atoms with Gasteiger partial charge in [-0.2, -0.15) is 0 Å². The zero-order chi connectivity index (χ0) is 61.6. The molecule has 1 aliphatic heterocycles. The number of ether oxygens (including phenoxy) is 3. The summed E-state index contributed by atoms with van der Waals surface area (Å²) in [5.41, 5.74) is 2.53. The van der Waals surface area contributed by atoms with Crippen molar-refractivity contribution < 1.29 is 67.6 Å². The van der Waals surface area contributed by atoms with Gasteiger partial charge in [-0.25, -0.2) is 19.2 Å². The van der Waals surface area contributed by atoms with Gasteiger partial charge >= 0.3 is 31.0 Å². The number of hydrogen-bond donors (Lipinski definition) is 3. The van der Waals surface area contributed by atoms with Crippen LogP contribution in [0.3, 0.4) is 0 Å². The highest BCUT2D eigenvalue weighted by atomic mass is 35.5. The summed E-state index contributed by atoms with van der Waals surface area (Å²) >= 11 is 5.70. The van der Waals surface area contributed by atoms with E-state index in [1.54, 1.807) is 24.3 Å². The van der Waals surface area contributed by atoms with E-state index in [0.717, 1.165) is 30.4 Å². The quantitative estimate of drug-likeness (QED) is 0.0167. The Bertz CT molecular complexity index is 3090. The number of unbranched alkanes of at least 4 members (excludes halogenated alkanes) is 2. The SMILES string of the molecule is CC(C)(C)OC(=O)c1ccccc1B1OC(C)(C)C(C)(C)O1.CCCCOC(=O)[C@H](O)[C@H](CC(=O)c1ccc(-c2ccccc2C(=O)O)nn1)Cc1ccccc1.CCCCOC(=O)[C@H](O)[C@H](CC(=O)c1ccc(Cl)nn1)Cc1ccccc1. The first-order valence-electron chi connectivity index (χ1n) is 28.0. The fourth-order valence-corrected chi connectivity index (χ4v) is 8.57. The molecule has 1 fully saturated rings. The van der Waals surface area contributed by atoms with Gasteiger partial charge in [0, 0.05) is 30.2 Å². The van der Waals surface area contributed by atoms with Crippen molar-refractivity contribution in [1.82, 2.24) is 20.4 Å². The van der Waals surface area contributed by atoms with Gasteiger partial charge in [-0.15, -0.1) is 20.4 Å². The van der Waals surface area contributed by atoms with Crippen LogP contribution in [0.5, 0.6) is 0 Å². The summed E-state index contributed by atoms with van der Waals surface area (Å²) < 4.78 is 27.8. The summed E-state index contributed by atoms with van der Waals surface area (Å²) in [5.74, 6) is -4.97. The molecule has 0 unspecified atom stereocenters. The number of carbonyl (C=O) groups is 6. The van der Waals surface area contributed by atoms with Crippen LogP contribution < -0.4 is 5.46 Å². The molecule has 446 valence electrons. The van der Waals surface area contributed by atoms with Crippen LogP contribution in [0.1, 0.15) is 154 Å². The second-order valence-corrected chi connectivity index (χ2v) is 22.5. The maximum Gasteiger partial charge on any atom is 0.495 e. The summed E-state index contributed by atoms with van der Waals surface area (Å²) in [6.07, 6.45) is 0.733. The van der Waals surface area contributed by atoms with Crippen molar-refractivity contribution in [2.45, 2.75) is 143 Å². The third-order valence-electron chi connectivity index (χ3n) is 13.8. The van der Waals surface area contributed by atoms with Crippen molar-refractivity contribution in [3.63, 3.8) is 0 Å². The first kappa shape index (κ1) is 67.2. The number of aromatic nitrogens is 4. The Labute approximate surface area is 496 Å². The fraction of sp³-hybridized carbons (Fsp3) is 0.406. The van der Waals surface area contributed by atoms with E-state index in [0.29, 0.717) is 41.5 Å². The number of ketones is 2. The zero-order valence-corrected chi connectivity index (χ0v) is 49.9. The van der Waals surface area contributed by atoms with Crippen LogP contribution in [-0.4, -0.2) is 121 Å².